The number of amides is 1. The van der Waals surface area contributed by atoms with Gasteiger partial charge in [0.15, 0.2) is 0 Å². The Hall–Kier alpha value is -1.83. The van der Waals surface area contributed by atoms with Gasteiger partial charge in [-0.1, -0.05) is 6.07 Å². The molecule has 0 bridgehead atoms. The first-order valence-electron chi connectivity index (χ1n) is 9.16. The predicted octanol–water partition coefficient (Wildman–Crippen LogP) is 0.537. The fourth-order valence-corrected chi connectivity index (χ4v) is 4.01. The first-order chi connectivity index (χ1) is 12.5. The molecular weight excluding hydrogens is 336 g/mol. The summed E-state index contributed by atoms with van der Waals surface area (Å²) in [5.41, 5.74) is 0. The fourth-order valence-electron chi connectivity index (χ4n) is 4.01. The van der Waals surface area contributed by atoms with Gasteiger partial charge in [-0.25, -0.2) is 0 Å². The molecule has 26 heavy (non-hydrogen) atoms. The van der Waals surface area contributed by atoms with Crippen molar-refractivity contribution >= 4 is 5.91 Å². The molecule has 1 aromatic carbocycles. The highest BCUT2D eigenvalue weighted by molar-refractivity contribution is 5.73. The summed E-state index contributed by atoms with van der Waals surface area (Å²) >= 11 is 0. The lowest BCUT2D eigenvalue weighted by molar-refractivity contribution is -0.120. The summed E-state index contributed by atoms with van der Waals surface area (Å²) in [6.07, 6.45) is 0.452. The monoisotopic (exact) mass is 364 g/mol. The van der Waals surface area contributed by atoms with Crippen LogP contribution in [0, 0.1) is 0 Å². The van der Waals surface area contributed by atoms with Crippen LogP contribution in [-0.4, -0.2) is 71.6 Å². The van der Waals surface area contributed by atoms with Crippen LogP contribution < -0.4 is 14.8 Å². The summed E-state index contributed by atoms with van der Waals surface area (Å²) in [5.74, 6) is 1.20. The van der Waals surface area contributed by atoms with Gasteiger partial charge in [-0.15, -0.1) is 0 Å². The molecule has 1 saturated heterocycles. The van der Waals surface area contributed by atoms with E-state index in [2.05, 4.69) is 10.2 Å². The van der Waals surface area contributed by atoms with Gasteiger partial charge in [-0.2, -0.15) is 0 Å². The van der Waals surface area contributed by atoms with Crippen LogP contribution in [0.15, 0.2) is 24.3 Å². The van der Waals surface area contributed by atoms with Gasteiger partial charge < -0.3 is 25.0 Å². The van der Waals surface area contributed by atoms with Crippen molar-refractivity contribution in [2.45, 2.75) is 56.6 Å². The second kappa shape index (κ2) is 8.24. The van der Waals surface area contributed by atoms with E-state index in [0.717, 1.165) is 0 Å². The second-order valence-corrected chi connectivity index (χ2v) is 7.13. The zero-order chi connectivity index (χ0) is 18.7. The van der Waals surface area contributed by atoms with E-state index >= 15 is 0 Å². The number of methoxy groups -OCH3 is 1. The van der Waals surface area contributed by atoms with Gasteiger partial charge in [0, 0.05) is 32.5 Å². The highest BCUT2D eigenvalue weighted by Gasteiger charge is 2.47. The Bertz CT molecular complexity index is 618. The van der Waals surface area contributed by atoms with Gasteiger partial charge in [0.2, 0.25) is 5.91 Å². The summed E-state index contributed by atoms with van der Waals surface area (Å²) in [4.78, 5) is 13.8. The largest absolute Gasteiger partial charge is 0.497 e. The van der Waals surface area contributed by atoms with E-state index in [1.165, 1.54) is 6.92 Å². The number of piperidine rings is 1. The molecule has 0 unspecified atom stereocenters. The molecule has 1 saturated carbocycles. The van der Waals surface area contributed by atoms with E-state index in [9.17, 15) is 15.0 Å². The van der Waals surface area contributed by atoms with Gasteiger partial charge in [-0.3, -0.25) is 9.69 Å². The van der Waals surface area contributed by atoms with Crippen LogP contribution >= 0.6 is 0 Å². The Kier molecular flexibility index (Phi) is 6.01. The molecule has 0 spiro atoms. The number of nitrogens with zero attached hydrogens (tertiary/aromatic N) is 1. The van der Waals surface area contributed by atoms with E-state index in [4.69, 9.17) is 9.47 Å². The molecule has 1 aromatic rings. The molecule has 0 aromatic heterocycles. The Labute approximate surface area is 153 Å². The maximum Gasteiger partial charge on any atom is 0.217 e. The van der Waals surface area contributed by atoms with Crippen molar-refractivity contribution < 1.29 is 24.5 Å². The van der Waals surface area contributed by atoms with Gasteiger partial charge in [-0.05, 0) is 25.0 Å². The summed E-state index contributed by atoms with van der Waals surface area (Å²) in [5, 5.41) is 23.6. The minimum Gasteiger partial charge on any atom is -0.497 e. The van der Waals surface area contributed by atoms with Crippen LogP contribution in [0.25, 0.3) is 0 Å². The standard InChI is InChI=1S/C19H28N2O5/c1-12(22)20-16-11-17(26-15-5-3-4-14(10-15)25-2)19(24)18(16)21-8-6-13(23)7-9-21/h3-5,10,13,16-19,23-24H,6-9,11H2,1-2H3,(H,20,22)/t16-,17-,18+,19+/m1/s1. The number of benzene rings is 1. The van der Waals surface area contributed by atoms with Crippen molar-refractivity contribution in [3.8, 4) is 11.5 Å². The molecule has 0 radical (unpaired) electrons. The molecule has 7 nitrogen and oxygen atoms in total. The lowest BCUT2D eigenvalue weighted by atomic mass is 10.0. The highest BCUT2D eigenvalue weighted by atomic mass is 16.5. The van der Waals surface area contributed by atoms with Gasteiger partial charge >= 0.3 is 0 Å². The molecule has 1 aliphatic carbocycles. The van der Waals surface area contributed by atoms with Crippen LogP contribution in [-0.2, 0) is 4.79 Å². The quantitative estimate of drug-likeness (QED) is 0.706. The Morgan fingerprint density at radius 1 is 1.23 bits per heavy atom. The van der Waals surface area contributed by atoms with E-state index in [-0.39, 0.29) is 24.1 Å². The van der Waals surface area contributed by atoms with Gasteiger partial charge in [0.25, 0.3) is 0 Å². The average molecular weight is 364 g/mol. The molecule has 4 atom stereocenters. The van der Waals surface area contributed by atoms with Crippen LogP contribution in [0.1, 0.15) is 26.2 Å². The molecule has 2 aliphatic rings. The fraction of sp³-hybridized carbons (Fsp3) is 0.632. The topological polar surface area (TPSA) is 91.3 Å². The van der Waals surface area contributed by atoms with Gasteiger partial charge in [0.1, 0.15) is 23.7 Å². The van der Waals surface area contributed by atoms with E-state index in [1.807, 2.05) is 18.2 Å². The molecule has 3 N–H and O–H groups in total. The number of ether oxygens (including phenoxy) is 2. The van der Waals surface area contributed by atoms with Crippen LogP contribution in [0.2, 0.25) is 0 Å². The zero-order valence-electron chi connectivity index (χ0n) is 15.3. The van der Waals surface area contributed by atoms with Crippen molar-refractivity contribution in [2.75, 3.05) is 20.2 Å². The number of nitrogens with one attached hydrogen (secondary N) is 1. The third kappa shape index (κ3) is 4.28. The number of rotatable bonds is 5. The smallest absolute Gasteiger partial charge is 0.217 e. The van der Waals surface area contributed by atoms with Crippen molar-refractivity contribution in [3.05, 3.63) is 24.3 Å². The Balaban J connectivity index is 1.74. The molecule has 1 aliphatic heterocycles. The summed E-state index contributed by atoms with van der Waals surface area (Å²) in [6.45, 7) is 2.88. The number of carbonyl (C=O) groups excluding carboxylic acids is 1. The minimum atomic E-state index is -0.728. The normalized spacial score (nSPS) is 30.2. The summed E-state index contributed by atoms with van der Waals surface area (Å²) < 4.78 is 11.2. The maximum atomic E-state index is 11.6. The first kappa shape index (κ1) is 18.9. The van der Waals surface area contributed by atoms with E-state index in [1.54, 1.807) is 13.2 Å². The zero-order valence-corrected chi connectivity index (χ0v) is 15.3. The number of hydrogen-bond donors (Lipinski definition) is 3. The second-order valence-electron chi connectivity index (χ2n) is 7.13. The van der Waals surface area contributed by atoms with Crippen molar-refractivity contribution in [1.82, 2.24) is 10.2 Å². The summed E-state index contributed by atoms with van der Waals surface area (Å²) in [7, 11) is 1.59. The number of aliphatic hydroxyl groups excluding tert-OH is 2. The first-order valence-corrected chi connectivity index (χ1v) is 9.16. The molecule has 2 fully saturated rings. The number of hydrogen-bond acceptors (Lipinski definition) is 6. The van der Waals surface area contributed by atoms with E-state index < -0.39 is 12.2 Å². The molecule has 7 heteroatoms. The minimum absolute atomic E-state index is 0.119. The lowest BCUT2D eigenvalue weighted by Gasteiger charge is -2.38. The Morgan fingerprint density at radius 2 is 1.92 bits per heavy atom. The van der Waals surface area contributed by atoms with Crippen molar-refractivity contribution in [3.63, 3.8) is 0 Å². The third-order valence-corrected chi connectivity index (χ3v) is 5.27. The van der Waals surface area contributed by atoms with Crippen LogP contribution in [0.3, 0.4) is 0 Å². The molecule has 1 heterocycles. The lowest BCUT2D eigenvalue weighted by Crippen LogP contribution is -2.55. The predicted molar refractivity (Wildman–Crippen MR) is 96.2 cm³/mol. The highest BCUT2D eigenvalue weighted by Crippen LogP contribution is 2.32. The molecule has 144 valence electrons. The van der Waals surface area contributed by atoms with Crippen LogP contribution in [0.4, 0.5) is 0 Å². The van der Waals surface area contributed by atoms with Gasteiger partial charge in [0.05, 0.1) is 25.3 Å². The average Bonchev–Trinajstić information content (AvgIpc) is 2.90. The van der Waals surface area contributed by atoms with Crippen molar-refractivity contribution in [2.24, 2.45) is 0 Å². The number of likely N-dealkylation sites (tertiary alicyclic amines) is 1. The van der Waals surface area contributed by atoms with Crippen molar-refractivity contribution in [1.29, 1.82) is 0 Å². The summed E-state index contributed by atoms with van der Waals surface area (Å²) in [6, 6.07) is 6.87. The number of aliphatic hydroxyl groups is 2. The molecule has 1 amide bonds. The van der Waals surface area contributed by atoms with E-state index in [0.29, 0.717) is 43.9 Å². The SMILES string of the molecule is COc1cccc(O[C@@H]2C[C@@H](NC(C)=O)[C@H](N3CCC(O)CC3)[C@H]2O)c1. The Morgan fingerprint density at radius 3 is 2.58 bits per heavy atom. The molecular formula is C19H28N2O5. The number of carbonyl (C=O) groups is 1. The van der Waals surface area contributed by atoms with Crippen LogP contribution in [0.5, 0.6) is 11.5 Å². The third-order valence-electron chi connectivity index (χ3n) is 5.27. The maximum absolute atomic E-state index is 11.6. The molecule has 3 rings (SSSR count).